The van der Waals surface area contributed by atoms with Crippen molar-refractivity contribution in [1.82, 2.24) is 9.88 Å². The number of benzene rings is 1. The predicted molar refractivity (Wildman–Crippen MR) is 103 cm³/mol. The first kappa shape index (κ1) is 18.7. The van der Waals surface area contributed by atoms with E-state index in [1.54, 1.807) is 34.9 Å². The van der Waals surface area contributed by atoms with Gasteiger partial charge in [0.2, 0.25) is 0 Å². The summed E-state index contributed by atoms with van der Waals surface area (Å²) in [5.41, 5.74) is 1.84. The summed E-state index contributed by atoms with van der Waals surface area (Å²) in [6.45, 7) is 6.27. The molecule has 1 unspecified atom stereocenters. The lowest BCUT2D eigenvalue weighted by atomic mass is 9.90. The van der Waals surface area contributed by atoms with Gasteiger partial charge in [-0.2, -0.15) is 0 Å². The standard InChI is InChI=1S/C18H21N3O3S2/c1-11-8-13(26-17-19-12(2)9-25-17)4-5-14(11)20-16(24)21-7-6-18(3,10-21)15(22)23/h4-5,8-9H,6-7,10H2,1-3H3,(H,20,24)(H,22,23). The fraction of sp³-hybridized carbons (Fsp3) is 0.389. The van der Waals surface area contributed by atoms with Crippen LogP contribution in [0.5, 0.6) is 0 Å². The van der Waals surface area contributed by atoms with Crippen LogP contribution in [0.25, 0.3) is 0 Å². The molecule has 8 heteroatoms. The van der Waals surface area contributed by atoms with E-state index in [0.29, 0.717) is 13.0 Å². The fourth-order valence-corrected chi connectivity index (χ4v) is 4.73. The van der Waals surface area contributed by atoms with Crippen LogP contribution in [0.3, 0.4) is 0 Å². The van der Waals surface area contributed by atoms with Crippen LogP contribution in [-0.4, -0.2) is 40.1 Å². The number of hydrogen-bond acceptors (Lipinski definition) is 5. The molecule has 138 valence electrons. The summed E-state index contributed by atoms with van der Waals surface area (Å²) in [5, 5.41) is 14.2. The Labute approximate surface area is 160 Å². The molecule has 2 heterocycles. The van der Waals surface area contributed by atoms with Gasteiger partial charge < -0.3 is 15.3 Å². The van der Waals surface area contributed by atoms with Crippen molar-refractivity contribution in [1.29, 1.82) is 0 Å². The molecule has 1 saturated heterocycles. The Morgan fingerprint density at radius 3 is 2.73 bits per heavy atom. The lowest BCUT2D eigenvalue weighted by Crippen LogP contribution is -2.37. The molecule has 2 N–H and O–H groups in total. The Hall–Kier alpha value is -2.06. The van der Waals surface area contributed by atoms with E-state index >= 15 is 0 Å². The molecule has 1 aliphatic heterocycles. The Morgan fingerprint density at radius 1 is 1.38 bits per heavy atom. The number of nitrogens with one attached hydrogen (secondary N) is 1. The highest BCUT2D eigenvalue weighted by atomic mass is 32.2. The van der Waals surface area contributed by atoms with Crippen LogP contribution >= 0.6 is 23.1 Å². The molecular weight excluding hydrogens is 370 g/mol. The Bertz CT molecular complexity index is 852. The lowest BCUT2D eigenvalue weighted by Gasteiger charge is -2.21. The number of aryl methyl sites for hydroxylation is 2. The second-order valence-electron chi connectivity index (χ2n) is 6.80. The van der Waals surface area contributed by atoms with E-state index in [2.05, 4.69) is 10.3 Å². The smallest absolute Gasteiger partial charge is 0.321 e. The summed E-state index contributed by atoms with van der Waals surface area (Å²) in [4.78, 5) is 30.9. The Balaban J connectivity index is 1.65. The Morgan fingerprint density at radius 2 is 2.15 bits per heavy atom. The average Bonchev–Trinajstić information content (AvgIpc) is 3.17. The van der Waals surface area contributed by atoms with Crippen LogP contribution in [0.2, 0.25) is 0 Å². The zero-order chi connectivity index (χ0) is 18.9. The first-order valence-corrected chi connectivity index (χ1v) is 9.96. The summed E-state index contributed by atoms with van der Waals surface area (Å²) in [6, 6.07) is 5.59. The van der Waals surface area contributed by atoms with Gasteiger partial charge in [-0.1, -0.05) is 11.8 Å². The molecule has 0 bridgehead atoms. The third kappa shape index (κ3) is 4.02. The number of thiazole rings is 1. The minimum absolute atomic E-state index is 0.227. The third-order valence-electron chi connectivity index (χ3n) is 4.52. The average molecular weight is 392 g/mol. The van der Waals surface area contributed by atoms with Crippen LogP contribution in [-0.2, 0) is 4.79 Å². The van der Waals surface area contributed by atoms with Gasteiger partial charge >= 0.3 is 12.0 Å². The largest absolute Gasteiger partial charge is 0.481 e. The summed E-state index contributed by atoms with van der Waals surface area (Å²) in [7, 11) is 0. The maximum Gasteiger partial charge on any atom is 0.321 e. The van der Waals surface area contributed by atoms with E-state index in [4.69, 9.17) is 0 Å². The van der Waals surface area contributed by atoms with Crippen molar-refractivity contribution in [2.75, 3.05) is 18.4 Å². The highest BCUT2D eigenvalue weighted by Gasteiger charge is 2.42. The molecule has 26 heavy (non-hydrogen) atoms. The minimum Gasteiger partial charge on any atom is -0.481 e. The normalized spacial score (nSPS) is 19.6. The predicted octanol–water partition coefficient (Wildman–Crippen LogP) is 4.24. The lowest BCUT2D eigenvalue weighted by molar-refractivity contribution is -0.146. The number of urea groups is 1. The van der Waals surface area contributed by atoms with Crippen LogP contribution in [0.4, 0.5) is 10.5 Å². The summed E-state index contributed by atoms with van der Waals surface area (Å²) in [5.74, 6) is -0.859. The van der Waals surface area contributed by atoms with Crippen LogP contribution in [0, 0.1) is 19.3 Å². The molecule has 1 aromatic heterocycles. The van der Waals surface area contributed by atoms with E-state index in [0.717, 1.165) is 26.2 Å². The molecular formula is C18H21N3O3S2. The molecule has 1 atom stereocenters. The number of hydrogen-bond donors (Lipinski definition) is 2. The maximum atomic E-state index is 12.5. The maximum absolute atomic E-state index is 12.5. The van der Waals surface area contributed by atoms with Crippen molar-refractivity contribution in [3.8, 4) is 0 Å². The zero-order valence-electron chi connectivity index (χ0n) is 14.9. The highest BCUT2D eigenvalue weighted by Crippen LogP contribution is 2.33. The first-order valence-electron chi connectivity index (χ1n) is 8.27. The monoisotopic (exact) mass is 391 g/mol. The molecule has 0 spiro atoms. The molecule has 0 aliphatic carbocycles. The van der Waals surface area contributed by atoms with Crippen molar-refractivity contribution in [3.05, 3.63) is 34.8 Å². The van der Waals surface area contributed by atoms with Gasteiger partial charge in [0.25, 0.3) is 0 Å². The SMILES string of the molecule is Cc1csc(Sc2ccc(NC(=O)N3CCC(C)(C(=O)O)C3)c(C)c2)n1. The number of carbonyl (C=O) groups is 2. The van der Waals surface area contributed by atoms with E-state index in [-0.39, 0.29) is 12.6 Å². The molecule has 3 rings (SSSR count). The topological polar surface area (TPSA) is 82.5 Å². The van der Waals surface area contributed by atoms with Gasteiger partial charge in [-0.25, -0.2) is 9.78 Å². The van der Waals surface area contributed by atoms with Gasteiger partial charge in [0.15, 0.2) is 4.34 Å². The van der Waals surface area contributed by atoms with Crippen molar-refractivity contribution < 1.29 is 14.7 Å². The number of nitrogens with zero attached hydrogens (tertiary/aromatic N) is 2. The van der Waals surface area contributed by atoms with Crippen molar-refractivity contribution in [2.45, 2.75) is 36.4 Å². The molecule has 2 amide bonds. The molecule has 1 aliphatic rings. The summed E-state index contributed by atoms with van der Waals surface area (Å²) < 4.78 is 0.990. The van der Waals surface area contributed by atoms with Gasteiger partial charge in [-0.3, -0.25) is 4.79 Å². The second kappa shape index (κ2) is 7.28. The number of likely N-dealkylation sites (tertiary alicyclic amines) is 1. The number of carboxylic acid groups (broad SMARTS) is 1. The molecule has 0 radical (unpaired) electrons. The quantitative estimate of drug-likeness (QED) is 0.815. The van der Waals surface area contributed by atoms with Gasteiger partial charge in [-0.15, -0.1) is 11.3 Å². The van der Waals surface area contributed by atoms with E-state index < -0.39 is 11.4 Å². The van der Waals surface area contributed by atoms with E-state index in [1.165, 1.54) is 0 Å². The summed E-state index contributed by atoms with van der Waals surface area (Å²) >= 11 is 3.21. The molecule has 1 aromatic carbocycles. The van der Waals surface area contributed by atoms with Crippen LogP contribution in [0.15, 0.2) is 32.8 Å². The minimum atomic E-state index is -0.862. The molecule has 1 fully saturated rings. The van der Waals surface area contributed by atoms with Crippen molar-refractivity contribution in [3.63, 3.8) is 0 Å². The number of carboxylic acids is 1. The van der Waals surface area contributed by atoms with Crippen molar-refractivity contribution in [2.24, 2.45) is 5.41 Å². The third-order valence-corrected chi connectivity index (χ3v) is 6.57. The van der Waals surface area contributed by atoms with Crippen LogP contribution < -0.4 is 5.32 Å². The van der Waals surface area contributed by atoms with Crippen molar-refractivity contribution >= 4 is 40.8 Å². The number of rotatable bonds is 4. The number of amides is 2. The first-order chi connectivity index (χ1) is 12.3. The Kier molecular flexibility index (Phi) is 5.24. The number of aromatic nitrogens is 1. The fourth-order valence-electron chi connectivity index (χ4n) is 2.82. The molecule has 0 saturated carbocycles. The molecule has 6 nitrogen and oxygen atoms in total. The molecule has 2 aromatic rings. The highest BCUT2D eigenvalue weighted by molar-refractivity contribution is 8.01. The van der Waals surface area contributed by atoms with Crippen LogP contribution in [0.1, 0.15) is 24.6 Å². The van der Waals surface area contributed by atoms with E-state index in [1.807, 2.05) is 37.4 Å². The number of carbonyl (C=O) groups excluding carboxylic acids is 1. The zero-order valence-corrected chi connectivity index (χ0v) is 16.5. The van der Waals surface area contributed by atoms with Gasteiger partial charge in [0.1, 0.15) is 0 Å². The number of aliphatic carboxylic acids is 1. The van der Waals surface area contributed by atoms with E-state index in [9.17, 15) is 14.7 Å². The number of anilines is 1. The second-order valence-corrected chi connectivity index (χ2v) is 8.98. The van der Waals surface area contributed by atoms with Gasteiger partial charge in [-0.05, 0) is 51.0 Å². The van der Waals surface area contributed by atoms with Gasteiger partial charge in [0.05, 0.1) is 5.41 Å². The van der Waals surface area contributed by atoms with Gasteiger partial charge in [0, 0.05) is 34.7 Å². The summed E-state index contributed by atoms with van der Waals surface area (Å²) in [6.07, 6.45) is 0.470.